The van der Waals surface area contributed by atoms with Crippen LogP contribution in [0.15, 0.2) is 24.8 Å². The molecule has 2 aromatic rings. The first-order chi connectivity index (χ1) is 8.76. The van der Waals surface area contributed by atoms with Crippen LogP contribution >= 0.6 is 12.2 Å². The molecule has 0 fully saturated rings. The fourth-order valence-electron chi connectivity index (χ4n) is 1.83. The van der Waals surface area contributed by atoms with Gasteiger partial charge in [-0.1, -0.05) is 25.6 Å². The number of nitrogens with one attached hydrogen (secondary N) is 1. The van der Waals surface area contributed by atoms with Crippen molar-refractivity contribution >= 4 is 12.2 Å². The van der Waals surface area contributed by atoms with Crippen molar-refractivity contribution in [3.05, 3.63) is 35.0 Å². The average molecular weight is 261 g/mol. The van der Waals surface area contributed by atoms with Gasteiger partial charge in [0, 0.05) is 17.3 Å². The molecule has 0 radical (unpaired) electrons. The minimum Gasteiger partial charge on any atom is -0.495 e. The predicted molar refractivity (Wildman–Crippen MR) is 73.2 cm³/mol. The molecule has 0 atom stereocenters. The number of nitrogens with zero attached hydrogens (tertiary/aromatic N) is 2. The van der Waals surface area contributed by atoms with Gasteiger partial charge in [-0.05, 0) is 12.5 Å². The van der Waals surface area contributed by atoms with Gasteiger partial charge in [-0.15, -0.1) is 0 Å². The van der Waals surface area contributed by atoms with E-state index in [0.29, 0.717) is 4.64 Å². The van der Waals surface area contributed by atoms with Crippen molar-refractivity contribution in [3.8, 4) is 17.0 Å². The number of hydrogen-bond acceptors (Lipinski definition) is 4. The fourth-order valence-corrected chi connectivity index (χ4v) is 2.09. The molecule has 94 valence electrons. The third kappa shape index (κ3) is 2.56. The van der Waals surface area contributed by atoms with E-state index in [1.54, 1.807) is 25.8 Å². The number of aromatic amines is 1. The summed E-state index contributed by atoms with van der Waals surface area (Å²) in [5.74, 6) is 0.728. The van der Waals surface area contributed by atoms with E-state index in [2.05, 4.69) is 21.9 Å². The average Bonchev–Trinajstić information content (AvgIpc) is 2.41. The van der Waals surface area contributed by atoms with Crippen molar-refractivity contribution in [2.24, 2.45) is 0 Å². The molecule has 0 aliphatic carbocycles. The molecule has 0 aliphatic rings. The summed E-state index contributed by atoms with van der Waals surface area (Å²) in [4.78, 5) is 11.5. The van der Waals surface area contributed by atoms with Crippen LogP contribution in [-0.4, -0.2) is 22.1 Å². The Labute approximate surface area is 111 Å². The lowest BCUT2D eigenvalue weighted by Gasteiger charge is -2.09. The highest BCUT2D eigenvalue weighted by atomic mass is 32.1. The molecule has 4 nitrogen and oxygen atoms in total. The highest BCUT2D eigenvalue weighted by Crippen LogP contribution is 2.24. The molecule has 0 saturated heterocycles. The molecule has 2 aromatic heterocycles. The van der Waals surface area contributed by atoms with Gasteiger partial charge < -0.3 is 9.72 Å². The Bertz CT molecular complexity index is 595. The molecule has 0 aliphatic heterocycles. The molecule has 2 heterocycles. The lowest BCUT2D eigenvalue weighted by molar-refractivity contribution is 0.413. The van der Waals surface area contributed by atoms with Crippen molar-refractivity contribution in [1.82, 2.24) is 15.0 Å². The van der Waals surface area contributed by atoms with E-state index < -0.39 is 0 Å². The van der Waals surface area contributed by atoms with Crippen molar-refractivity contribution in [2.45, 2.75) is 19.8 Å². The largest absolute Gasteiger partial charge is 0.495 e. The summed E-state index contributed by atoms with van der Waals surface area (Å²) in [5.41, 5.74) is 3.00. The Morgan fingerprint density at radius 1 is 1.39 bits per heavy atom. The third-order valence-corrected chi connectivity index (χ3v) is 3.04. The molecule has 5 heteroatoms. The van der Waals surface area contributed by atoms with Crippen LogP contribution in [0.2, 0.25) is 0 Å². The normalized spacial score (nSPS) is 10.3. The Kier molecular flexibility index (Phi) is 4.04. The SMILES string of the molecule is CCCc1c(-c2cncc(OC)c2)[nH]cnc1=S. The zero-order chi connectivity index (χ0) is 13.0. The molecule has 0 amide bonds. The van der Waals surface area contributed by atoms with Crippen LogP contribution in [0.3, 0.4) is 0 Å². The number of rotatable bonds is 4. The van der Waals surface area contributed by atoms with Crippen LogP contribution in [-0.2, 0) is 6.42 Å². The molecule has 0 unspecified atom stereocenters. The maximum atomic E-state index is 5.28. The second-order valence-corrected chi connectivity index (χ2v) is 4.31. The lowest BCUT2D eigenvalue weighted by atomic mass is 10.1. The number of aromatic nitrogens is 3. The Morgan fingerprint density at radius 2 is 2.22 bits per heavy atom. The van der Waals surface area contributed by atoms with Gasteiger partial charge in [0.15, 0.2) is 0 Å². The highest BCUT2D eigenvalue weighted by Gasteiger charge is 2.08. The summed E-state index contributed by atoms with van der Waals surface area (Å²) < 4.78 is 5.84. The van der Waals surface area contributed by atoms with E-state index in [1.165, 1.54) is 0 Å². The van der Waals surface area contributed by atoms with E-state index in [0.717, 1.165) is 35.4 Å². The summed E-state index contributed by atoms with van der Waals surface area (Å²) in [6.45, 7) is 2.12. The molecular weight excluding hydrogens is 246 g/mol. The molecule has 2 rings (SSSR count). The molecule has 0 bridgehead atoms. The highest BCUT2D eigenvalue weighted by molar-refractivity contribution is 7.71. The smallest absolute Gasteiger partial charge is 0.137 e. The van der Waals surface area contributed by atoms with Gasteiger partial charge in [-0.25, -0.2) is 4.98 Å². The van der Waals surface area contributed by atoms with Crippen LogP contribution < -0.4 is 4.74 Å². The van der Waals surface area contributed by atoms with Gasteiger partial charge in [0.2, 0.25) is 0 Å². The number of ether oxygens (including phenoxy) is 1. The van der Waals surface area contributed by atoms with Gasteiger partial charge in [0.05, 0.1) is 25.3 Å². The maximum Gasteiger partial charge on any atom is 0.137 e. The summed E-state index contributed by atoms with van der Waals surface area (Å²) in [7, 11) is 1.63. The molecule has 18 heavy (non-hydrogen) atoms. The van der Waals surface area contributed by atoms with Crippen molar-refractivity contribution < 1.29 is 4.74 Å². The lowest BCUT2D eigenvalue weighted by Crippen LogP contribution is -1.97. The maximum absolute atomic E-state index is 5.28. The van der Waals surface area contributed by atoms with E-state index >= 15 is 0 Å². The summed E-state index contributed by atoms with van der Waals surface area (Å²) >= 11 is 5.28. The van der Waals surface area contributed by atoms with Crippen LogP contribution in [0, 0.1) is 4.64 Å². The van der Waals surface area contributed by atoms with E-state index in [4.69, 9.17) is 17.0 Å². The van der Waals surface area contributed by atoms with Crippen molar-refractivity contribution in [3.63, 3.8) is 0 Å². The number of hydrogen-bond donors (Lipinski definition) is 1. The van der Waals surface area contributed by atoms with E-state index in [9.17, 15) is 0 Å². The molecular formula is C13H15N3OS. The Balaban J connectivity index is 2.55. The van der Waals surface area contributed by atoms with Crippen LogP contribution in [0.1, 0.15) is 18.9 Å². The van der Waals surface area contributed by atoms with Crippen molar-refractivity contribution in [2.75, 3.05) is 7.11 Å². The summed E-state index contributed by atoms with van der Waals surface area (Å²) in [6.07, 6.45) is 7.01. The first kappa shape index (κ1) is 12.7. The Morgan fingerprint density at radius 3 is 2.94 bits per heavy atom. The number of methoxy groups -OCH3 is 1. The first-order valence-electron chi connectivity index (χ1n) is 5.82. The molecule has 0 aromatic carbocycles. The van der Waals surface area contributed by atoms with E-state index in [-0.39, 0.29) is 0 Å². The summed E-state index contributed by atoms with van der Waals surface area (Å²) in [5, 5.41) is 0. The Hall–Kier alpha value is -1.75. The third-order valence-electron chi connectivity index (χ3n) is 2.69. The van der Waals surface area contributed by atoms with Gasteiger partial charge >= 0.3 is 0 Å². The zero-order valence-electron chi connectivity index (χ0n) is 10.4. The quantitative estimate of drug-likeness (QED) is 0.859. The van der Waals surface area contributed by atoms with Gasteiger partial charge in [0.1, 0.15) is 10.4 Å². The number of pyridine rings is 1. The molecule has 0 saturated carbocycles. The minimum atomic E-state index is 0.647. The summed E-state index contributed by atoms with van der Waals surface area (Å²) in [6, 6.07) is 1.94. The fraction of sp³-hybridized carbons (Fsp3) is 0.308. The van der Waals surface area contributed by atoms with Crippen LogP contribution in [0.25, 0.3) is 11.3 Å². The predicted octanol–water partition coefficient (Wildman–Crippen LogP) is 3.16. The second kappa shape index (κ2) is 5.73. The number of H-pyrrole nitrogens is 1. The van der Waals surface area contributed by atoms with Gasteiger partial charge in [-0.3, -0.25) is 4.98 Å². The van der Waals surface area contributed by atoms with Crippen LogP contribution in [0.4, 0.5) is 0 Å². The van der Waals surface area contributed by atoms with Gasteiger partial charge in [-0.2, -0.15) is 0 Å². The first-order valence-corrected chi connectivity index (χ1v) is 6.23. The monoisotopic (exact) mass is 261 g/mol. The van der Waals surface area contributed by atoms with E-state index in [1.807, 2.05) is 6.07 Å². The van der Waals surface area contributed by atoms with Crippen molar-refractivity contribution in [1.29, 1.82) is 0 Å². The van der Waals surface area contributed by atoms with Gasteiger partial charge in [0.25, 0.3) is 0 Å². The standard InChI is InChI=1S/C13H15N3OS/c1-3-4-11-12(15-8-16-13(11)18)9-5-10(17-2)7-14-6-9/h5-8H,3-4H2,1-2H3,(H,15,16,18). The second-order valence-electron chi connectivity index (χ2n) is 3.92. The van der Waals surface area contributed by atoms with Crippen LogP contribution in [0.5, 0.6) is 5.75 Å². The molecule has 1 N–H and O–H groups in total. The molecule has 0 spiro atoms. The topological polar surface area (TPSA) is 50.8 Å². The minimum absolute atomic E-state index is 0.647. The zero-order valence-corrected chi connectivity index (χ0v) is 11.3.